The predicted octanol–water partition coefficient (Wildman–Crippen LogP) is 3.48. The molecule has 1 aromatic carbocycles. The van der Waals surface area contributed by atoms with Crippen molar-refractivity contribution in [3.63, 3.8) is 0 Å². The first kappa shape index (κ1) is 11.5. The minimum absolute atomic E-state index is 0.0791. The quantitative estimate of drug-likeness (QED) is 0.770. The third-order valence-electron chi connectivity index (χ3n) is 1.92. The van der Waals surface area contributed by atoms with Crippen molar-refractivity contribution in [1.29, 1.82) is 0 Å². The van der Waals surface area contributed by atoms with Crippen molar-refractivity contribution >= 4 is 10.9 Å². The summed E-state index contributed by atoms with van der Waals surface area (Å²) in [5.41, 5.74) is 0.165. The molecule has 15 heavy (non-hydrogen) atoms. The molecule has 0 aliphatic carbocycles. The van der Waals surface area contributed by atoms with Crippen LogP contribution in [0, 0.1) is 11.6 Å². The SMILES string of the molecule is CC.COc1cc(F)c2[nH]ccc2c1F. The largest absolute Gasteiger partial charge is 0.494 e. The second-order valence-corrected chi connectivity index (χ2v) is 2.64. The third-order valence-corrected chi connectivity index (χ3v) is 1.92. The summed E-state index contributed by atoms with van der Waals surface area (Å²) in [6, 6.07) is 2.49. The molecule has 0 aliphatic rings. The highest BCUT2D eigenvalue weighted by molar-refractivity contribution is 5.82. The highest BCUT2D eigenvalue weighted by Gasteiger charge is 2.12. The van der Waals surface area contributed by atoms with E-state index in [9.17, 15) is 8.78 Å². The van der Waals surface area contributed by atoms with Gasteiger partial charge in [-0.3, -0.25) is 0 Å². The van der Waals surface area contributed by atoms with Gasteiger partial charge in [0.05, 0.1) is 12.6 Å². The molecule has 1 N–H and O–H groups in total. The summed E-state index contributed by atoms with van der Waals surface area (Å²) < 4.78 is 31.2. The number of hydrogen-bond donors (Lipinski definition) is 1. The van der Waals surface area contributed by atoms with Gasteiger partial charge in [0.15, 0.2) is 17.4 Å². The maximum atomic E-state index is 13.4. The summed E-state index contributed by atoms with van der Waals surface area (Å²) >= 11 is 0. The Hall–Kier alpha value is -1.58. The van der Waals surface area contributed by atoms with Crippen molar-refractivity contribution in [2.75, 3.05) is 7.11 Å². The molecule has 0 bridgehead atoms. The number of aromatic amines is 1. The number of nitrogens with one attached hydrogen (secondary N) is 1. The van der Waals surface area contributed by atoms with E-state index in [4.69, 9.17) is 0 Å². The Bertz CT molecular complexity index is 451. The number of fused-ring (bicyclic) bond motifs is 1. The van der Waals surface area contributed by atoms with Gasteiger partial charge in [-0.2, -0.15) is 0 Å². The van der Waals surface area contributed by atoms with E-state index in [0.717, 1.165) is 6.07 Å². The van der Waals surface area contributed by atoms with Crippen LogP contribution in [0.15, 0.2) is 18.3 Å². The van der Waals surface area contributed by atoms with Crippen molar-refractivity contribution in [3.05, 3.63) is 30.0 Å². The van der Waals surface area contributed by atoms with Gasteiger partial charge >= 0.3 is 0 Å². The molecule has 0 radical (unpaired) electrons. The van der Waals surface area contributed by atoms with Crippen molar-refractivity contribution in [1.82, 2.24) is 4.98 Å². The van der Waals surface area contributed by atoms with E-state index in [-0.39, 0.29) is 16.7 Å². The van der Waals surface area contributed by atoms with Crippen LogP contribution >= 0.6 is 0 Å². The van der Waals surface area contributed by atoms with Crippen LogP contribution in [0.2, 0.25) is 0 Å². The molecule has 2 rings (SSSR count). The molecule has 82 valence electrons. The first-order valence-corrected chi connectivity index (χ1v) is 4.73. The van der Waals surface area contributed by atoms with Crippen LogP contribution in [0.25, 0.3) is 10.9 Å². The second-order valence-electron chi connectivity index (χ2n) is 2.64. The highest BCUT2D eigenvalue weighted by atomic mass is 19.1. The van der Waals surface area contributed by atoms with Gasteiger partial charge in [-0.15, -0.1) is 0 Å². The molecule has 1 aromatic heterocycles. The molecular weight excluding hydrogens is 200 g/mol. The van der Waals surface area contributed by atoms with Gasteiger partial charge in [-0.05, 0) is 6.07 Å². The van der Waals surface area contributed by atoms with Gasteiger partial charge in [0.25, 0.3) is 0 Å². The Kier molecular flexibility index (Phi) is 3.66. The Labute approximate surface area is 86.9 Å². The molecule has 4 heteroatoms. The van der Waals surface area contributed by atoms with Crippen LogP contribution in [0.3, 0.4) is 0 Å². The van der Waals surface area contributed by atoms with Gasteiger partial charge < -0.3 is 9.72 Å². The second kappa shape index (κ2) is 4.77. The van der Waals surface area contributed by atoms with E-state index >= 15 is 0 Å². The molecule has 0 fully saturated rings. The summed E-state index contributed by atoms with van der Waals surface area (Å²) in [5, 5.41) is 0.205. The molecule has 1 heterocycles. The zero-order valence-corrected chi connectivity index (χ0v) is 8.90. The number of rotatable bonds is 1. The van der Waals surface area contributed by atoms with E-state index < -0.39 is 11.6 Å². The summed E-state index contributed by atoms with van der Waals surface area (Å²) in [6.45, 7) is 4.00. The summed E-state index contributed by atoms with van der Waals surface area (Å²) in [4.78, 5) is 2.61. The highest BCUT2D eigenvalue weighted by Crippen LogP contribution is 2.27. The molecule has 2 aromatic rings. The average molecular weight is 213 g/mol. The zero-order chi connectivity index (χ0) is 11.4. The number of ether oxygens (including phenoxy) is 1. The number of hydrogen-bond acceptors (Lipinski definition) is 1. The Morgan fingerprint density at radius 1 is 1.27 bits per heavy atom. The van der Waals surface area contributed by atoms with Crippen molar-refractivity contribution in [2.45, 2.75) is 13.8 Å². The van der Waals surface area contributed by atoms with E-state index in [1.807, 2.05) is 13.8 Å². The van der Waals surface area contributed by atoms with E-state index in [2.05, 4.69) is 9.72 Å². The smallest absolute Gasteiger partial charge is 0.174 e. The van der Waals surface area contributed by atoms with Crippen LogP contribution in [0.5, 0.6) is 5.75 Å². The number of halogens is 2. The van der Waals surface area contributed by atoms with Crippen molar-refractivity contribution in [3.8, 4) is 5.75 Å². The maximum absolute atomic E-state index is 13.4. The third kappa shape index (κ3) is 1.93. The first-order chi connectivity index (χ1) is 7.24. The Morgan fingerprint density at radius 3 is 2.53 bits per heavy atom. The minimum Gasteiger partial charge on any atom is -0.494 e. The molecule has 0 unspecified atom stereocenters. The van der Waals surface area contributed by atoms with Crippen LogP contribution < -0.4 is 4.74 Å². The summed E-state index contributed by atoms with van der Waals surface area (Å²) in [5.74, 6) is -1.14. The molecule has 0 aliphatic heterocycles. The van der Waals surface area contributed by atoms with E-state index in [1.54, 1.807) is 0 Å². The normalized spacial score (nSPS) is 9.67. The zero-order valence-electron chi connectivity index (χ0n) is 8.90. The average Bonchev–Trinajstić information content (AvgIpc) is 2.76. The molecule has 0 spiro atoms. The monoisotopic (exact) mass is 213 g/mol. The Morgan fingerprint density at radius 2 is 1.93 bits per heavy atom. The topological polar surface area (TPSA) is 25.0 Å². The lowest BCUT2D eigenvalue weighted by atomic mass is 10.2. The van der Waals surface area contributed by atoms with Gasteiger partial charge in [0, 0.05) is 17.6 Å². The lowest BCUT2D eigenvalue weighted by Gasteiger charge is -2.02. The van der Waals surface area contributed by atoms with Crippen LogP contribution in [-0.4, -0.2) is 12.1 Å². The lowest BCUT2D eigenvalue weighted by molar-refractivity contribution is 0.386. The molecule has 2 nitrogen and oxygen atoms in total. The van der Waals surface area contributed by atoms with Crippen molar-refractivity contribution in [2.24, 2.45) is 0 Å². The van der Waals surface area contributed by atoms with E-state index in [1.165, 1.54) is 19.4 Å². The molecule has 0 saturated heterocycles. The number of aromatic nitrogens is 1. The van der Waals surface area contributed by atoms with Crippen LogP contribution in [0.4, 0.5) is 8.78 Å². The van der Waals surface area contributed by atoms with Crippen LogP contribution in [-0.2, 0) is 0 Å². The number of H-pyrrole nitrogens is 1. The fraction of sp³-hybridized carbons (Fsp3) is 0.273. The van der Waals surface area contributed by atoms with Gasteiger partial charge in [0.2, 0.25) is 0 Å². The Balaban J connectivity index is 0.000000531. The van der Waals surface area contributed by atoms with E-state index in [0.29, 0.717) is 0 Å². The van der Waals surface area contributed by atoms with Gasteiger partial charge in [-0.1, -0.05) is 13.8 Å². The van der Waals surface area contributed by atoms with Crippen molar-refractivity contribution < 1.29 is 13.5 Å². The number of benzene rings is 1. The lowest BCUT2D eigenvalue weighted by Crippen LogP contribution is -1.90. The van der Waals surface area contributed by atoms with Gasteiger partial charge in [0.1, 0.15) is 0 Å². The molecule has 0 atom stereocenters. The molecular formula is C11H13F2NO. The standard InChI is InChI=1S/C9H7F2NO.C2H6/c1-13-7-4-6(10)9-5(8(7)11)2-3-12-9;1-2/h2-4,12H,1H3;1-2H3. The summed E-state index contributed by atoms with van der Waals surface area (Å²) in [7, 11) is 1.30. The maximum Gasteiger partial charge on any atom is 0.174 e. The minimum atomic E-state index is -0.542. The fourth-order valence-corrected chi connectivity index (χ4v) is 1.28. The molecule has 0 amide bonds. The number of methoxy groups -OCH3 is 1. The fourth-order valence-electron chi connectivity index (χ4n) is 1.28. The summed E-state index contributed by atoms with van der Waals surface area (Å²) in [6.07, 6.45) is 1.48. The molecule has 0 saturated carbocycles. The van der Waals surface area contributed by atoms with Gasteiger partial charge in [-0.25, -0.2) is 8.78 Å². The predicted molar refractivity (Wildman–Crippen MR) is 56.1 cm³/mol. The first-order valence-electron chi connectivity index (χ1n) is 4.73. The van der Waals surface area contributed by atoms with Crippen LogP contribution in [0.1, 0.15) is 13.8 Å².